The zero-order valence-electron chi connectivity index (χ0n) is 12.7. The fourth-order valence-electron chi connectivity index (χ4n) is 2.26. The van der Waals surface area contributed by atoms with Gasteiger partial charge in [-0.25, -0.2) is 0 Å². The van der Waals surface area contributed by atoms with E-state index in [1.165, 1.54) is 11.1 Å². The van der Waals surface area contributed by atoms with E-state index < -0.39 is 0 Å². The van der Waals surface area contributed by atoms with Crippen LogP contribution in [0.15, 0.2) is 34.7 Å². The number of hydrogen-bond donors (Lipinski definition) is 1. The molecule has 0 saturated heterocycles. The topological polar surface area (TPSA) is 34.4 Å². The third-order valence-corrected chi connectivity index (χ3v) is 3.35. The lowest BCUT2D eigenvalue weighted by atomic mass is 10.0. The molecule has 1 heterocycles. The van der Waals surface area contributed by atoms with Gasteiger partial charge in [-0.2, -0.15) is 0 Å². The summed E-state index contributed by atoms with van der Waals surface area (Å²) in [6.07, 6.45) is 0. The van der Waals surface area contributed by atoms with Gasteiger partial charge < -0.3 is 14.5 Å². The molecule has 0 unspecified atom stereocenters. The van der Waals surface area contributed by atoms with Crippen molar-refractivity contribution < 1.29 is 9.15 Å². The molecule has 3 nitrogen and oxygen atoms in total. The predicted octanol–water partition coefficient (Wildman–Crippen LogP) is 4.01. The van der Waals surface area contributed by atoms with Crippen molar-refractivity contribution in [2.24, 2.45) is 0 Å². The Hall–Kier alpha value is -1.74. The molecular formula is C17H23NO2. The molecule has 0 fully saturated rings. The van der Waals surface area contributed by atoms with Crippen LogP contribution in [-0.2, 0) is 13.2 Å². The maximum absolute atomic E-state index is 5.92. The lowest BCUT2D eigenvalue weighted by Crippen LogP contribution is -2.04. The first kappa shape index (κ1) is 14.7. The maximum Gasteiger partial charge on any atom is 0.146 e. The van der Waals surface area contributed by atoms with Gasteiger partial charge in [-0.1, -0.05) is 32.0 Å². The van der Waals surface area contributed by atoms with Crippen molar-refractivity contribution >= 4 is 0 Å². The van der Waals surface area contributed by atoms with Gasteiger partial charge in [0.25, 0.3) is 0 Å². The molecule has 0 bridgehead atoms. The highest BCUT2D eigenvalue weighted by Gasteiger charge is 2.10. The monoisotopic (exact) mass is 273 g/mol. The fraction of sp³-hybridized carbons (Fsp3) is 0.412. The molecular weight excluding hydrogens is 250 g/mol. The lowest BCUT2D eigenvalue weighted by Gasteiger charge is -2.12. The van der Waals surface area contributed by atoms with Crippen LogP contribution in [0.4, 0.5) is 0 Å². The number of ether oxygens (including phenoxy) is 1. The minimum Gasteiger partial charge on any atom is -0.485 e. The van der Waals surface area contributed by atoms with Crippen molar-refractivity contribution in [2.45, 2.75) is 39.8 Å². The number of nitrogens with one attached hydrogen (secondary N) is 1. The molecule has 0 aliphatic carbocycles. The van der Waals surface area contributed by atoms with Gasteiger partial charge in [-0.3, -0.25) is 0 Å². The van der Waals surface area contributed by atoms with Crippen LogP contribution in [0.2, 0.25) is 0 Å². The Morgan fingerprint density at radius 3 is 2.70 bits per heavy atom. The zero-order valence-corrected chi connectivity index (χ0v) is 12.7. The van der Waals surface area contributed by atoms with Crippen LogP contribution in [0.3, 0.4) is 0 Å². The number of furan rings is 1. The van der Waals surface area contributed by atoms with Gasteiger partial charge in [0, 0.05) is 12.1 Å². The molecule has 1 N–H and O–H groups in total. The second-order valence-electron chi connectivity index (χ2n) is 5.31. The Balaban J connectivity index is 2.07. The van der Waals surface area contributed by atoms with E-state index in [1.807, 2.05) is 32.2 Å². The van der Waals surface area contributed by atoms with Crippen LogP contribution >= 0.6 is 0 Å². The summed E-state index contributed by atoms with van der Waals surface area (Å²) in [6.45, 7) is 7.61. The largest absolute Gasteiger partial charge is 0.485 e. The summed E-state index contributed by atoms with van der Waals surface area (Å²) < 4.78 is 11.6. The Morgan fingerprint density at radius 1 is 1.25 bits per heavy atom. The van der Waals surface area contributed by atoms with Gasteiger partial charge >= 0.3 is 0 Å². The van der Waals surface area contributed by atoms with Crippen molar-refractivity contribution in [3.05, 3.63) is 53.0 Å². The highest BCUT2D eigenvalue weighted by molar-refractivity contribution is 5.35. The van der Waals surface area contributed by atoms with Crippen molar-refractivity contribution in [1.29, 1.82) is 0 Å². The normalized spacial score (nSPS) is 11.1. The first-order valence-electron chi connectivity index (χ1n) is 7.06. The van der Waals surface area contributed by atoms with Gasteiger partial charge in [0.2, 0.25) is 0 Å². The Kier molecular flexibility index (Phi) is 4.85. The van der Waals surface area contributed by atoms with E-state index in [9.17, 15) is 0 Å². The second-order valence-corrected chi connectivity index (χ2v) is 5.31. The van der Waals surface area contributed by atoms with Gasteiger partial charge in [-0.15, -0.1) is 0 Å². The highest BCUT2D eigenvalue weighted by Crippen LogP contribution is 2.27. The molecule has 3 heteroatoms. The van der Waals surface area contributed by atoms with Crippen LogP contribution in [0, 0.1) is 6.92 Å². The minimum atomic E-state index is 0.449. The van der Waals surface area contributed by atoms with Gasteiger partial charge in [0.15, 0.2) is 0 Å². The zero-order chi connectivity index (χ0) is 14.5. The van der Waals surface area contributed by atoms with Crippen molar-refractivity contribution in [3.8, 4) is 5.75 Å². The summed E-state index contributed by atoms with van der Waals surface area (Å²) in [4.78, 5) is 0. The molecule has 0 amide bonds. The highest BCUT2D eigenvalue weighted by atomic mass is 16.5. The van der Waals surface area contributed by atoms with Gasteiger partial charge in [0.05, 0.1) is 0 Å². The smallest absolute Gasteiger partial charge is 0.146 e. The quantitative estimate of drug-likeness (QED) is 0.863. The van der Waals surface area contributed by atoms with Crippen LogP contribution in [0.5, 0.6) is 5.75 Å². The van der Waals surface area contributed by atoms with E-state index >= 15 is 0 Å². The molecule has 0 aliphatic rings. The van der Waals surface area contributed by atoms with E-state index in [-0.39, 0.29) is 0 Å². The van der Waals surface area contributed by atoms with Crippen LogP contribution in [0.25, 0.3) is 0 Å². The van der Waals surface area contributed by atoms with E-state index in [4.69, 9.17) is 9.15 Å². The molecule has 0 saturated carbocycles. The Labute approximate surface area is 121 Å². The van der Waals surface area contributed by atoms with E-state index in [0.717, 1.165) is 23.8 Å². The number of benzene rings is 1. The van der Waals surface area contributed by atoms with Crippen molar-refractivity contribution in [3.63, 3.8) is 0 Å². The SMILES string of the molecule is CNCc1cc(COc2ccccc2C(C)C)oc1C. The molecule has 20 heavy (non-hydrogen) atoms. The van der Waals surface area contributed by atoms with Gasteiger partial charge in [-0.05, 0) is 37.6 Å². The predicted molar refractivity (Wildman–Crippen MR) is 81.1 cm³/mol. The minimum absolute atomic E-state index is 0.449. The molecule has 2 rings (SSSR count). The molecule has 1 aromatic heterocycles. The number of aryl methyl sites for hydroxylation is 1. The third-order valence-electron chi connectivity index (χ3n) is 3.35. The van der Waals surface area contributed by atoms with Gasteiger partial charge in [0.1, 0.15) is 23.9 Å². The molecule has 108 valence electrons. The summed E-state index contributed by atoms with van der Waals surface area (Å²) in [7, 11) is 1.93. The molecule has 0 spiro atoms. The summed E-state index contributed by atoms with van der Waals surface area (Å²) in [5, 5.41) is 3.14. The number of para-hydroxylation sites is 1. The molecule has 1 aromatic carbocycles. The number of hydrogen-bond acceptors (Lipinski definition) is 3. The summed E-state index contributed by atoms with van der Waals surface area (Å²) >= 11 is 0. The maximum atomic E-state index is 5.92. The average Bonchev–Trinajstić information content (AvgIpc) is 2.78. The Bertz CT molecular complexity index is 558. The average molecular weight is 273 g/mol. The Morgan fingerprint density at radius 2 is 2.00 bits per heavy atom. The van der Waals surface area contributed by atoms with E-state index in [0.29, 0.717) is 12.5 Å². The van der Waals surface area contributed by atoms with E-state index in [1.54, 1.807) is 0 Å². The van der Waals surface area contributed by atoms with Crippen LogP contribution in [-0.4, -0.2) is 7.05 Å². The fourth-order valence-corrected chi connectivity index (χ4v) is 2.26. The second kappa shape index (κ2) is 6.62. The van der Waals surface area contributed by atoms with E-state index in [2.05, 4.69) is 31.3 Å². The third kappa shape index (κ3) is 3.42. The number of rotatable bonds is 6. The van der Waals surface area contributed by atoms with Crippen LogP contribution in [0.1, 0.15) is 42.4 Å². The molecule has 2 aromatic rings. The summed E-state index contributed by atoms with van der Waals surface area (Å²) in [5.41, 5.74) is 2.41. The lowest BCUT2D eigenvalue weighted by molar-refractivity contribution is 0.264. The van der Waals surface area contributed by atoms with Crippen LogP contribution < -0.4 is 10.1 Å². The molecule has 0 radical (unpaired) electrons. The molecule has 0 atom stereocenters. The standard InChI is InChI=1S/C17H23NO2/c1-12(2)16-7-5-6-8-17(16)19-11-15-9-14(10-18-4)13(3)20-15/h5-9,12,18H,10-11H2,1-4H3. The summed E-state index contributed by atoms with van der Waals surface area (Å²) in [5.74, 6) is 3.21. The first-order chi connectivity index (χ1) is 9.61. The summed E-state index contributed by atoms with van der Waals surface area (Å²) in [6, 6.07) is 10.2. The van der Waals surface area contributed by atoms with Crippen molar-refractivity contribution in [2.75, 3.05) is 7.05 Å². The van der Waals surface area contributed by atoms with Crippen molar-refractivity contribution in [1.82, 2.24) is 5.32 Å². The first-order valence-corrected chi connectivity index (χ1v) is 7.06. The molecule has 0 aliphatic heterocycles.